The predicted molar refractivity (Wildman–Crippen MR) is 76.4 cm³/mol. The summed E-state index contributed by atoms with van der Waals surface area (Å²) in [6, 6.07) is 13.2. The van der Waals surface area contributed by atoms with Crippen LogP contribution in [-0.2, 0) is 0 Å². The summed E-state index contributed by atoms with van der Waals surface area (Å²) in [6.45, 7) is 2.50. The lowest BCUT2D eigenvalue weighted by Gasteiger charge is -2.14. The van der Waals surface area contributed by atoms with Gasteiger partial charge in [0.2, 0.25) is 0 Å². The van der Waals surface area contributed by atoms with Crippen molar-refractivity contribution in [3.63, 3.8) is 0 Å². The zero-order valence-electron chi connectivity index (χ0n) is 11.0. The van der Waals surface area contributed by atoms with Crippen LogP contribution >= 0.6 is 0 Å². The van der Waals surface area contributed by atoms with Crippen LogP contribution in [-0.4, -0.2) is 11.5 Å². The third-order valence-corrected chi connectivity index (χ3v) is 3.12. The minimum absolute atomic E-state index is 0.119. The van der Waals surface area contributed by atoms with Gasteiger partial charge in [0.25, 0.3) is 5.69 Å². The molecule has 1 atom stereocenters. The van der Waals surface area contributed by atoms with E-state index in [0.29, 0.717) is 6.54 Å². The molecular weight excluding hydrogens is 259 g/mol. The van der Waals surface area contributed by atoms with Gasteiger partial charge < -0.3 is 5.32 Å². The molecule has 0 aliphatic rings. The van der Waals surface area contributed by atoms with E-state index in [2.05, 4.69) is 5.32 Å². The minimum atomic E-state index is -0.519. The molecule has 0 aromatic heterocycles. The van der Waals surface area contributed by atoms with Crippen molar-refractivity contribution < 1.29 is 9.31 Å². The Morgan fingerprint density at radius 1 is 1.25 bits per heavy atom. The topological polar surface area (TPSA) is 55.2 Å². The molecule has 1 N–H and O–H groups in total. The van der Waals surface area contributed by atoms with Crippen LogP contribution in [0.25, 0.3) is 0 Å². The van der Waals surface area contributed by atoms with Crippen molar-refractivity contribution in [3.05, 3.63) is 70.0 Å². The van der Waals surface area contributed by atoms with Gasteiger partial charge in [-0.3, -0.25) is 10.1 Å². The summed E-state index contributed by atoms with van der Waals surface area (Å²) in [5, 5.41) is 13.8. The highest BCUT2D eigenvalue weighted by atomic mass is 19.1. The molecule has 0 saturated heterocycles. The van der Waals surface area contributed by atoms with E-state index >= 15 is 0 Å². The molecule has 0 bridgehead atoms. The zero-order valence-corrected chi connectivity index (χ0v) is 11.0. The summed E-state index contributed by atoms with van der Waals surface area (Å²) in [5.41, 5.74) is 1.21. The molecule has 0 aliphatic heterocycles. The first-order chi connectivity index (χ1) is 9.58. The minimum Gasteiger partial charge on any atom is -0.379 e. The van der Waals surface area contributed by atoms with Gasteiger partial charge in [-0.2, -0.15) is 0 Å². The fourth-order valence-corrected chi connectivity index (χ4v) is 1.97. The standard InChI is InChI=1S/C15H15FN2O2/c1-11(12-5-3-2-4-6-12)10-17-14-9-13(16)7-8-15(14)18(19)20/h2-9,11,17H,10H2,1H3. The maximum atomic E-state index is 13.2. The van der Waals surface area contributed by atoms with Gasteiger partial charge in [-0.05, 0) is 17.5 Å². The second-order valence-electron chi connectivity index (χ2n) is 4.61. The average molecular weight is 274 g/mol. The van der Waals surface area contributed by atoms with E-state index in [0.717, 1.165) is 17.7 Å². The first-order valence-electron chi connectivity index (χ1n) is 6.30. The monoisotopic (exact) mass is 274 g/mol. The van der Waals surface area contributed by atoms with Crippen LogP contribution in [0.15, 0.2) is 48.5 Å². The lowest BCUT2D eigenvalue weighted by Crippen LogP contribution is -2.11. The molecular formula is C15H15FN2O2. The van der Waals surface area contributed by atoms with E-state index in [9.17, 15) is 14.5 Å². The van der Waals surface area contributed by atoms with Gasteiger partial charge in [0.05, 0.1) is 4.92 Å². The van der Waals surface area contributed by atoms with Crippen LogP contribution in [0.2, 0.25) is 0 Å². The molecule has 1 unspecified atom stereocenters. The number of halogens is 1. The summed E-state index contributed by atoms with van der Waals surface area (Å²) in [7, 11) is 0. The molecule has 2 aromatic rings. The van der Waals surface area contributed by atoms with Crippen molar-refractivity contribution in [1.29, 1.82) is 0 Å². The van der Waals surface area contributed by atoms with Gasteiger partial charge in [-0.1, -0.05) is 37.3 Å². The van der Waals surface area contributed by atoms with Crippen molar-refractivity contribution in [3.8, 4) is 0 Å². The quantitative estimate of drug-likeness (QED) is 0.663. The molecule has 0 amide bonds. The number of hydrogen-bond acceptors (Lipinski definition) is 3. The van der Waals surface area contributed by atoms with E-state index in [4.69, 9.17) is 0 Å². The Hall–Kier alpha value is -2.43. The Bertz CT molecular complexity index is 602. The molecule has 0 radical (unpaired) electrons. The van der Waals surface area contributed by atoms with Crippen LogP contribution in [0.4, 0.5) is 15.8 Å². The van der Waals surface area contributed by atoms with E-state index < -0.39 is 10.7 Å². The molecule has 104 valence electrons. The molecule has 0 saturated carbocycles. The SMILES string of the molecule is CC(CNc1cc(F)ccc1[N+](=O)[O-])c1ccccc1. The van der Waals surface area contributed by atoms with Gasteiger partial charge in [0.1, 0.15) is 11.5 Å². The highest BCUT2D eigenvalue weighted by molar-refractivity contribution is 5.61. The van der Waals surface area contributed by atoms with E-state index in [1.807, 2.05) is 37.3 Å². The molecule has 0 spiro atoms. The van der Waals surface area contributed by atoms with Crippen molar-refractivity contribution in [2.24, 2.45) is 0 Å². The van der Waals surface area contributed by atoms with Crippen LogP contribution in [0.5, 0.6) is 0 Å². The zero-order chi connectivity index (χ0) is 14.5. The Kier molecular flexibility index (Phi) is 4.30. The highest BCUT2D eigenvalue weighted by Crippen LogP contribution is 2.26. The lowest BCUT2D eigenvalue weighted by atomic mass is 10.0. The third-order valence-electron chi connectivity index (χ3n) is 3.12. The molecule has 0 fully saturated rings. The number of nitro benzene ring substituents is 1. The van der Waals surface area contributed by atoms with Crippen molar-refractivity contribution in [2.75, 3.05) is 11.9 Å². The smallest absolute Gasteiger partial charge is 0.292 e. The molecule has 5 heteroatoms. The lowest BCUT2D eigenvalue weighted by molar-refractivity contribution is -0.384. The van der Waals surface area contributed by atoms with Crippen LogP contribution < -0.4 is 5.32 Å². The first kappa shape index (κ1) is 14.0. The van der Waals surface area contributed by atoms with E-state index in [1.54, 1.807) is 0 Å². The normalized spacial score (nSPS) is 11.9. The molecule has 2 aromatic carbocycles. The fourth-order valence-electron chi connectivity index (χ4n) is 1.97. The van der Waals surface area contributed by atoms with Gasteiger partial charge in [-0.15, -0.1) is 0 Å². The van der Waals surface area contributed by atoms with E-state index in [-0.39, 0.29) is 17.3 Å². The fraction of sp³-hybridized carbons (Fsp3) is 0.200. The van der Waals surface area contributed by atoms with Gasteiger partial charge in [0.15, 0.2) is 0 Å². The summed E-state index contributed by atoms with van der Waals surface area (Å²) in [4.78, 5) is 10.4. The number of anilines is 1. The van der Waals surface area contributed by atoms with Crippen molar-refractivity contribution in [1.82, 2.24) is 0 Å². The van der Waals surface area contributed by atoms with Gasteiger partial charge >= 0.3 is 0 Å². The van der Waals surface area contributed by atoms with Gasteiger partial charge in [0, 0.05) is 18.7 Å². The number of nitro groups is 1. The predicted octanol–water partition coefficient (Wildman–Crippen LogP) is 3.95. The summed E-state index contributed by atoms with van der Waals surface area (Å²) >= 11 is 0. The number of nitrogens with one attached hydrogen (secondary N) is 1. The summed E-state index contributed by atoms with van der Waals surface area (Å²) in [5.74, 6) is -0.329. The largest absolute Gasteiger partial charge is 0.379 e. The number of hydrogen-bond donors (Lipinski definition) is 1. The molecule has 0 aliphatic carbocycles. The van der Waals surface area contributed by atoms with Gasteiger partial charge in [-0.25, -0.2) is 4.39 Å². The molecule has 4 nitrogen and oxygen atoms in total. The van der Waals surface area contributed by atoms with E-state index in [1.165, 1.54) is 6.07 Å². The highest BCUT2D eigenvalue weighted by Gasteiger charge is 2.15. The number of rotatable bonds is 5. The van der Waals surface area contributed by atoms with Crippen LogP contribution in [0.3, 0.4) is 0 Å². The Balaban J connectivity index is 2.11. The summed E-state index contributed by atoms with van der Waals surface area (Å²) in [6.07, 6.45) is 0. The second-order valence-corrected chi connectivity index (χ2v) is 4.61. The first-order valence-corrected chi connectivity index (χ1v) is 6.30. The maximum absolute atomic E-state index is 13.2. The molecule has 0 heterocycles. The Morgan fingerprint density at radius 2 is 1.95 bits per heavy atom. The second kappa shape index (κ2) is 6.14. The number of benzene rings is 2. The molecule has 2 rings (SSSR count). The van der Waals surface area contributed by atoms with Crippen LogP contribution in [0.1, 0.15) is 18.4 Å². The molecule has 20 heavy (non-hydrogen) atoms. The number of nitrogens with zero attached hydrogens (tertiary/aromatic N) is 1. The van der Waals surface area contributed by atoms with Crippen LogP contribution in [0, 0.1) is 15.9 Å². The maximum Gasteiger partial charge on any atom is 0.292 e. The Labute approximate surface area is 116 Å². The summed E-state index contributed by atoms with van der Waals surface area (Å²) < 4.78 is 13.2. The van der Waals surface area contributed by atoms with Crippen molar-refractivity contribution >= 4 is 11.4 Å². The van der Waals surface area contributed by atoms with Crippen molar-refractivity contribution in [2.45, 2.75) is 12.8 Å². The third kappa shape index (κ3) is 3.32. The Morgan fingerprint density at radius 3 is 2.60 bits per heavy atom. The average Bonchev–Trinajstić information content (AvgIpc) is 2.45.